The molecule has 140 heavy (non-hydrogen) atoms. The van der Waals surface area contributed by atoms with Crippen molar-refractivity contribution in [3.8, 4) is 0 Å². The predicted molar refractivity (Wildman–Crippen MR) is 530 cm³/mol. The summed E-state index contributed by atoms with van der Waals surface area (Å²) < 4.78 is 119. The molecule has 0 saturated heterocycles. The van der Waals surface area contributed by atoms with Gasteiger partial charge in [0.2, 0.25) is 0 Å². The number of aliphatic hydroxyl groups excluding tert-OH is 2. The van der Waals surface area contributed by atoms with Gasteiger partial charge in [0.1, 0.15) is 48.6 Å². The number of halogens is 7. The van der Waals surface area contributed by atoms with E-state index < -0.39 is 45.7 Å². The number of nitrogens with one attached hydrogen (secondary N) is 5. The van der Waals surface area contributed by atoms with Crippen molar-refractivity contribution in [2.45, 2.75) is 445 Å². The molecule has 20 rings (SSSR count). The lowest BCUT2D eigenvalue weighted by molar-refractivity contribution is -0.142. The molecular weight excluding hydrogens is 1790 g/mol. The second kappa shape index (κ2) is 45.1. The van der Waals surface area contributed by atoms with Crippen LogP contribution < -0.4 is 26.6 Å². The monoisotopic (exact) mass is 1980 g/mol. The standard InChI is InChI=1S/2C23H37F2NO2.2C23H38FNO3.C23H36FNO3/c2*1-22-10-8-16(25)14-15(22)4-5-17-18-6-7-20(23(18,2)11-9-19(17)22)28-21(27)26-13-3-12-24;3*1-22-10-8-16(26)14-15(22)4-5-17-18-6-7-20(23(18,2)11-9-19(17)22)28-21(27)25-13-3-12-24/h2*15-20H,3-14H2,1-2H3,(H,26,27);2*15-20,26H,3-14H2,1-2H3,(H,25,27);15,17-20H,3-14H2,1-2H3,(H,25,27)/t15-,16+,17-,18-,19-,20-,22-,23-;15-,16-,17-,18-,19-,20-,22-,23-;15-,16+,17-,18-,19-,20-,22-,23-;15-,16-,17-,18-,19-,20-,22-,23-;15-,17-,18-,19-,20-,22-,23-/m00000/s1. The molecular formula is C115H186F7N5O13. The maximum absolute atomic E-state index is 14.0. The van der Waals surface area contributed by atoms with Gasteiger partial charge < -0.3 is 60.5 Å². The van der Waals surface area contributed by atoms with E-state index in [0.29, 0.717) is 186 Å². The number of rotatable bonds is 20. The predicted octanol–water partition coefficient (Wildman–Crippen LogP) is 26.4. The highest BCUT2D eigenvalue weighted by molar-refractivity contribution is 5.79. The van der Waals surface area contributed by atoms with E-state index in [4.69, 9.17) is 23.7 Å². The van der Waals surface area contributed by atoms with Crippen molar-refractivity contribution in [1.29, 1.82) is 0 Å². The van der Waals surface area contributed by atoms with E-state index in [1.165, 1.54) is 109 Å². The SMILES string of the molecule is C[C@]12CCC(=O)C[C@@H]1CC[C@@H]1[C@@H]2CC[C@]2(C)[C@@H](OC(=O)NCCCF)CC[C@@H]12.C[C@]12CC[C@@H](F)C[C@@H]1CC[C@@H]1[C@@H]2CC[C@]2(C)[C@@H](OC(=O)NCCCF)CC[C@@H]12.C[C@]12CC[C@@H](O)C[C@@H]1CC[C@@H]1[C@@H]2CC[C@]2(C)[C@@H](OC(=O)NCCCF)CC[C@@H]12.C[C@]12CC[C@H](F)C[C@@H]1CC[C@@H]1[C@@H]2CC[C@]2(C)[C@@H](OC(=O)NCCCF)CC[C@@H]12.C[C@]12CC[C@H](O)C[C@@H]1CC[C@@H]1[C@@H]2CC[C@]2(C)[C@@H](OC(=O)NCCCF)CC[C@@H]12. The molecule has 0 spiro atoms. The van der Waals surface area contributed by atoms with E-state index in [0.717, 1.165) is 209 Å². The third-order valence-corrected chi connectivity index (χ3v) is 46.7. The molecule has 39 atom stereocenters. The Morgan fingerprint density at radius 3 is 0.714 bits per heavy atom. The molecule has 0 radical (unpaired) electrons. The highest BCUT2D eigenvalue weighted by Gasteiger charge is 2.68. The van der Waals surface area contributed by atoms with Gasteiger partial charge in [0.05, 0.1) is 45.6 Å². The van der Waals surface area contributed by atoms with Crippen molar-refractivity contribution in [3.05, 3.63) is 0 Å². The number of hydrogen-bond donors (Lipinski definition) is 7. The fourth-order valence-corrected chi connectivity index (χ4v) is 38.8. The molecule has 7 N–H and O–H groups in total. The zero-order valence-corrected chi connectivity index (χ0v) is 87.7. The molecule has 18 nitrogen and oxygen atoms in total. The molecule has 20 aliphatic rings. The first-order valence-corrected chi connectivity index (χ1v) is 57.6. The fourth-order valence-electron chi connectivity index (χ4n) is 38.8. The van der Waals surface area contributed by atoms with Gasteiger partial charge in [-0.15, -0.1) is 0 Å². The zero-order valence-electron chi connectivity index (χ0n) is 87.7. The molecule has 0 aromatic carbocycles. The molecule has 20 saturated carbocycles. The summed E-state index contributed by atoms with van der Waals surface area (Å²) in [5.41, 5.74) is 2.01. The Balaban J connectivity index is 0.000000126. The molecule has 5 amide bonds. The van der Waals surface area contributed by atoms with Gasteiger partial charge in [-0.25, -0.2) is 32.8 Å². The maximum atomic E-state index is 14.0. The highest BCUT2D eigenvalue weighted by atomic mass is 19.2. The Bertz CT molecular complexity index is 3750. The van der Waals surface area contributed by atoms with Crippen LogP contribution in [0.4, 0.5) is 54.7 Å². The summed E-state index contributed by atoms with van der Waals surface area (Å²) >= 11 is 0. The van der Waals surface area contributed by atoms with Gasteiger partial charge in [-0.2, -0.15) is 0 Å². The number of ketones is 1. The smallest absolute Gasteiger partial charge is 0.407 e. The summed E-state index contributed by atoms with van der Waals surface area (Å²) in [5, 5.41) is 33.8. The normalized spacial score (nSPS) is 47.0. The average molecular weight is 1980 g/mol. The van der Waals surface area contributed by atoms with Crippen LogP contribution in [-0.2, 0) is 28.5 Å². The number of Topliss-reactive ketones (excluding diaryl/α,β-unsaturated/α-hetero) is 1. The molecule has 25 heteroatoms. The Morgan fingerprint density at radius 2 is 0.471 bits per heavy atom. The van der Waals surface area contributed by atoms with Crippen molar-refractivity contribution in [2.24, 2.45) is 173 Å². The van der Waals surface area contributed by atoms with Crippen molar-refractivity contribution in [3.63, 3.8) is 0 Å². The van der Waals surface area contributed by atoms with Crippen LogP contribution in [0.3, 0.4) is 0 Å². The van der Waals surface area contributed by atoms with Crippen LogP contribution in [0.2, 0.25) is 0 Å². The number of aliphatic hydroxyl groups is 2. The van der Waals surface area contributed by atoms with Crippen molar-refractivity contribution in [1.82, 2.24) is 26.6 Å². The molecule has 20 fully saturated rings. The number of fused-ring (bicyclic) bond motifs is 25. The third-order valence-electron chi connectivity index (χ3n) is 46.7. The lowest BCUT2D eigenvalue weighted by Crippen LogP contribution is -2.54. The van der Waals surface area contributed by atoms with Crippen molar-refractivity contribution >= 4 is 36.2 Å². The summed E-state index contributed by atoms with van der Waals surface area (Å²) in [6.07, 6.45) is 46.5. The van der Waals surface area contributed by atoms with Gasteiger partial charge in [0.25, 0.3) is 0 Å². The largest absolute Gasteiger partial charge is 0.446 e. The number of alkyl carbamates (subject to hydrolysis) is 5. The summed E-state index contributed by atoms with van der Waals surface area (Å²) in [6.45, 7) is 23.7. The Labute approximate surface area is 835 Å². The molecule has 0 unspecified atom stereocenters. The van der Waals surface area contributed by atoms with E-state index in [1.807, 2.05) is 0 Å². The third kappa shape index (κ3) is 21.4. The number of amides is 5. The van der Waals surface area contributed by atoms with Crippen LogP contribution in [-0.4, -0.2) is 168 Å². The summed E-state index contributed by atoms with van der Waals surface area (Å²) in [7, 11) is 0. The molecule has 0 aromatic heterocycles. The van der Waals surface area contributed by atoms with Crippen LogP contribution >= 0.6 is 0 Å². The van der Waals surface area contributed by atoms with Gasteiger partial charge >= 0.3 is 30.5 Å². The Kier molecular flexibility index (Phi) is 34.8. The van der Waals surface area contributed by atoms with Gasteiger partial charge in [-0.05, 0) is 454 Å². The first-order chi connectivity index (χ1) is 66.9. The van der Waals surface area contributed by atoms with Crippen LogP contribution in [0.1, 0.15) is 390 Å². The van der Waals surface area contributed by atoms with Gasteiger partial charge in [-0.3, -0.25) is 26.7 Å². The first-order valence-electron chi connectivity index (χ1n) is 57.6. The second-order valence-electron chi connectivity index (χ2n) is 52.6. The number of hydrogen-bond acceptors (Lipinski definition) is 13. The van der Waals surface area contributed by atoms with E-state index >= 15 is 0 Å². The number of carbonyl (C=O) groups is 6. The van der Waals surface area contributed by atoms with Gasteiger partial charge in [0.15, 0.2) is 0 Å². The number of alkyl halides is 7. The minimum atomic E-state index is -0.594. The summed E-state index contributed by atoms with van der Waals surface area (Å²) in [4.78, 5) is 72.8. The Morgan fingerprint density at radius 1 is 0.264 bits per heavy atom. The molecule has 20 aliphatic carbocycles. The second-order valence-corrected chi connectivity index (χ2v) is 52.6. The molecule has 0 aliphatic heterocycles. The maximum Gasteiger partial charge on any atom is 0.407 e. The zero-order chi connectivity index (χ0) is 99.7. The first kappa shape index (κ1) is 108. The molecule has 0 heterocycles. The van der Waals surface area contributed by atoms with Crippen LogP contribution in [0.5, 0.6) is 0 Å². The van der Waals surface area contributed by atoms with E-state index in [1.54, 1.807) is 0 Å². The van der Waals surface area contributed by atoms with Crippen LogP contribution in [0, 0.1) is 173 Å². The van der Waals surface area contributed by atoms with E-state index in [2.05, 4.69) is 95.8 Å². The van der Waals surface area contributed by atoms with E-state index in [-0.39, 0.29) is 100 Å². The topological polar surface area (TPSA) is 249 Å². The number of ether oxygens (including phenoxy) is 5. The number of carbonyl (C=O) groups excluding carboxylic acids is 6. The van der Waals surface area contributed by atoms with E-state index in [9.17, 15) is 69.7 Å². The quantitative estimate of drug-likeness (QED) is 0.0341. The highest BCUT2D eigenvalue weighted by Crippen LogP contribution is 2.74. The minimum absolute atomic E-state index is 0.0115. The molecule has 0 aromatic rings. The van der Waals surface area contributed by atoms with Crippen molar-refractivity contribution in [2.75, 3.05) is 66.1 Å². The minimum Gasteiger partial charge on any atom is -0.446 e. The van der Waals surface area contributed by atoms with Gasteiger partial charge in [0, 0.05) is 72.6 Å². The lowest BCUT2D eigenvalue weighted by Gasteiger charge is -2.60. The fraction of sp³-hybridized carbons (Fsp3) is 0.948. The van der Waals surface area contributed by atoms with Gasteiger partial charge in [-0.1, -0.05) is 69.2 Å². The molecule has 0 bridgehead atoms. The Hall–Kier alpha value is -4.55. The van der Waals surface area contributed by atoms with Crippen LogP contribution in [0.25, 0.3) is 0 Å². The average Bonchev–Trinajstić information content (AvgIpc) is 1.24. The summed E-state index contributed by atoms with van der Waals surface area (Å²) in [6, 6.07) is 0. The van der Waals surface area contributed by atoms with Crippen LogP contribution in [0.15, 0.2) is 0 Å². The van der Waals surface area contributed by atoms with Crippen molar-refractivity contribution < 1.29 is 93.4 Å². The summed E-state index contributed by atoms with van der Waals surface area (Å²) in [5.74, 6) is 13.8. The molecule has 798 valence electrons. The lowest BCUT2D eigenvalue weighted by atomic mass is 9.45.